The zero-order chi connectivity index (χ0) is 11.1. The van der Waals surface area contributed by atoms with Crippen LogP contribution in [0.5, 0.6) is 0 Å². The molecule has 1 aromatic rings. The van der Waals surface area contributed by atoms with Gasteiger partial charge in [-0.25, -0.2) is 4.79 Å². The molecule has 0 heterocycles. The van der Waals surface area contributed by atoms with Crippen LogP contribution in [-0.2, 0) is 17.6 Å². The second-order valence-electron chi connectivity index (χ2n) is 3.89. The lowest BCUT2D eigenvalue weighted by molar-refractivity contribution is -0.159. The Morgan fingerprint density at radius 3 is 2.87 bits per heavy atom. The Labute approximate surface area is 92.3 Å². The topological polar surface area (TPSA) is 57.5 Å². The molecule has 1 aromatic carbocycles. The van der Waals surface area contributed by atoms with Crippen molar-refractivity contribution in [1.29, 1.82) is 0 Å². The molecule has 0 fully saturated rings. The lowest BCUT2D eigenvalue weighted by Gasteiger charge is -2.30. The minimum absolute atomic E-state index is 0.0946. The first-order chi connectivity index (χ1) is 7.03. The van der Waals surface area contributed by atoms with Crippen LogP contribution in [0.2, 0.25) is 5.02 Å². The Kier molecular flexibility index (Phi) is 2.44. The Morgan fingerprint density at radius 2 is 2.20 bits per heavy atom. The summed E-state index contributed by atoms with van der Waals surface area (Å²) in [4.78, 5) is 10.9. The number of carbonyl (C=O) groups is 1. The van der Waals surface area contributed by atoms with Crippen LogP contribution in [-0.4, -0.2) is 21.8 Å². The van der Waals surface area contributed by atoms with E-state index in [4.69, 9.17) is 16.7 Å². The molecule has 2 N–H and O–H groups in total. The predicted octanol–water partition coefficient (Wildman–Crippen LogP) is 1.64. The largest absolute Gasteiger partial charge is 0.479 e. The second-order valence-corrected chi connectivity index (χ2v) is 4.30. The van der Waals surface area contributed by atoms with Crippen molar-refractivity contribution in [2.24, 2.45) is 0 Å². The number of hydrogen-bond donors (Lipinski definition) is 2. The van der Waals surface area contributed by atoms with Gasteiger partial charge >= 0.3 is 5.97 Å². The Balaban J connectivity index is 2.42. The van der Waals surface area contributed by atoms with E-state index in [1.165, 1.54) is 0 Å². The highest BCUT2D eigenvalue weighted by Gasteiger charge is 2.39. The van der Waals surface area contributed by atoms with Crippen molar-refractivity contribution in [2.45, 2.75) is 24.9 Å². The van der Waals surface area contributed by atoms with Crippen LogP contribution in [0.25, 0.3) is 0 Å². The Hall–Kier alpha value is -1.06. The van der Waals surface area contributed by atoms with Gasteiger partial charge in [0.15, 0.2) is 5.60 Å². The van der Waals surface area contributed by atoms with Crippen molar-refractivity contribution in [2.75, 3.05) is 0 Å². The normalized spacial score (nSPS) is 24.7. The van der Waals surface area contributed by atoms with E-state index >= 15 is 0 Å². The quantitative estimate of drug-likeness (QED) is 0.766. The van der Waals surface area contributed by atoms with Crippen LogP contribution in [0.1, 0.15) is 17.5 Å². The molecule has 1 atom stereocenters. The molecule has 80 valence electrons. The maximum absolute atomic E-state index is 10.9. The number of aliphatic carboxylic acids is 1. The summed E-state index contributed by atoms with van der Waals surface area (Å²) in [6, 6.07) is 5.48. The van der Waals surface area contributed by atoms with Gasteiger partial charge in [-0.3, -0.25) is 0 Å². The molecule has 4 heteroatoms. The molecule has 0 spiro atoms. The standard InChI is InChI=1S/C11H11ClO3/c12-9-3-1-2-7-4-5-11(15,10(13)14)6-8(7)9/h1-3,15H,4-6H2,(H,13,14). The van der Waals surface area contributed by atoms with Crippen LogP contribution in [0.3, 0.4) is 0 Å². The van der Waals surface area contributed by atoms with Crippen LogP contribution in [0, 0.1) is 0 Å². The van der Waals surface area contributed by atoms with Crippen LogP contribution < -0.4 is 0 Å². The van der Waals surface area contributed by atoms with E-state index in [1.54, 1.807) is 6.07 Å². The lowest BCUT2D eigenvalue weighted by Crippen LogP contribution is -2.43. The fraction of sp³-hybridized carbons (Fsp3) is 0.364. The number of carboxylic acids is 1. The average Bonchev–Trinajstić information content (AvgIpc) is 2.19. The molecular weight excluding hydrogens is 216 g/mol. The van der Waals surface area contributed by atoms with E-state index < -0.39 is 11.6 Å². The van der Waals surface area contributed by atoms with Crippen LogP contribution >= 0.6 is 11.6 Å². The van der Waals surface area contributed by atoms with Gasteiger partial charge in [0.25, 0.3) is 0 Å². The van der Waals surface area contributed by atoms with Crippen molar-refractivity contribution in [1.82, 2.24) is 0 Å². The summed E-state index contributed by atoms with van der Waals surface area (Å²) in [5.74, 6) is -1.17. The first-order valence-corrected chi connectivity index (χ1v) is 5.13. The number of benzene rings is 1. The number of carboxylic acid groups (broad SMARTS) is 1. The van der Waals surface area contributed by atoms with E-state index in [9.17, 15) is 9.90 Å². The zero-order valence-corrected chi connectivity index (χ0v) is 8.79. The van der Waals surface area contributed by atoms with E-state index in [2.05, 4.69) is 0 Å². The van der Waals surface area contributed by atoms with Crippen LogP contribution in [0.4, 0.5) is 0 Å². The third-order valence-electron chi connectivity index (χ3n) is 2.89. The van der Waals surface area contributed by atoms with Gasteiger partial charge in [-0.15, -0.1) is 0 Å². The number of rotatable bonds is 1. The summed E-state index contributed by atoms with van der Waals surface area (Å²) in [6.07, 6.45) is 0.895. The summed E-state index contributed by atoms with van der Waals surface area (Å²) in [7, 11) is 0. The summed E-state index contributed by atoms with van der Waals surface area (Å²) >= 11 is 5.97. The monoisotopic (exact) mass is 226 g/mol. The van der Waals surface area contributed by atoms with Gasteiger partial charge in [-0.05, 0) is 30.0 Å². The third-order valence-corrected chi connectivity index (χ3v) is 3.25. The molecule has 0 amide bonds. The van der Waals surface area contributed by atoms with Gasteiger partial charge in [0.1, 0.15) is 0 Å². The Morgan fingerprint density at radius 1 is 1.47 bits per heavy atom. The SMILES string of the molecule is O=C(O)C1(O)CCc2cccc(Cl)c2C1. The van der Waals surface area contributed by atoms with Gasteiger partial charge in [-0.2, -0.15) is 0 Å². The Bertz CT molecular complexity index is 416. The van der Waals surface area contributed by atoms with Crippen molar-refractivity contribution >= 4 is 17.6 Å². The summed E-state index contributed by atoms with van der Waals surface area (Å²) in [5, 5.41) is 19.3. The fourth-order valence-electron chi connectivity index (χ4n) is 1.94. The molecule has 1 aliphatic carbocycles. The molecule has 3 nitrogen and oxygen atoms in total. The van der Waals surface area contributed by atoms with E-state index in [0.29, 0.717) is 11.4 Å². The summed E-state index contributed by atoms with van der Waals surface area (Å²) in [6.45, 7) is 0. The highest BCUT2D eigenvalue weighted by atomic mass is 35.5. The minimum Gasteiger partial charge on any atom is -0.479 e. The van der Waals surface area contributed by atoms with Gasteiger partial charge in [0, 0.05) is 11.4 Å². The maximum Gasteiger partial charge on any atom is 0.336 e. The van der Waals surface area contributed by atoms with Gasteiger partial charge in [-0.1, -0.05) is 23.7 Å². The number of aryl methyl sites for hydroxylation is 1. The molecule has 0 bridgehead atoms. The summed E-state index contributed by atoms with van der Waals surface area (Å²) in [5.41, 5.74) is 0.140. The van der Waals surface area contributed by atoms with Gasteiger partial charge < -0.3 is 10.2 Å². The average molecular weight is 227 g/mol. The number of halogens is 1. The number of fused-ring (bicyclic) bond motifs is 1. The molecule has 2 rings (SSSR count). The zero-order valence-electron chi connectivity index (χ0n) is 8.03. The lowest BCUT2D eigenvalue weighted by atomic mass is 9.80. The van der Waals surface area contributed by atoms with E-state index in [-0.39, 0.29) is 12.8 Å². The number of aliphatic hydroxyl groups is 1. The fourth-order valence-corrected chi connectivity index (χ4v) is 2.20. The van der Waals surface area contributed by atoms with Crippen molar-refractivity contribution in [3.05, 3.63) is 34.3 Å². The van der Waals surface area contributed by atoms with Gasteiger partial charge in [0.2, 0.25) is 0 Å². The summed E-state index contributed by atoms with van der Waals surface area (Å²) < 4.78 is 0. The molecule has 0 aliphatic heterocycles. The molecule has 1 unspecified atom stereocenters. The second kappa shape index (κ2) is 3.51. The molecule has 0 aromatic heterocycles. The highest BCUT2D eigenvalue weighted by molar-refractivity contribution is 6.31. The van der Waals surface area contributed by atoms with E-state index in [0.717, 1.165) is 11.1 Å². The van der Waals surface area contributed by atoms with Gasteiger partial charge in [0.05, 0.1) is 0 Å². The smallest absolute Gasteiger partial charge is 0.336 e. The first-order valence-electron chi connectivity index (χ1n) is 4.75. The predicted molar refractivity (Wildman–Crippen MR) is 56.1 cm³/mol. The number of hydrogen-bond acceptors (Lipinski definition) is 2. The van der Waals surface area contributed by atoms with Crippen molar-refractivity contribution in [3.63, 3.8) is 0 Å². The molecule has 0 saturated carbocycles. The first kappa shape index (κ1) is 10.5. The molecule has 1 aliphatic rings. The molecule has 0 radical (unpaired) electrons. The van der Waals surface area contributed by atoms with Crippen molar-refractivity contribution in [3.8, 4) is 0 Å². The van der Waals surface area contributed by atoms with E-state index in [1.807, 2.05) is 12.1 Å². The van der Waals surface area contributed by atoms with Crippen LogP contribution in [0.15, 0.2) is 18.2 Å². The van der Waals surface area contributed by atoms with Crippen molar-refractivity contribution < 1.29 is 15.0 Å². The minimum atomic E-state index is -1.65. The molecule has 15 heavy (non-hydrogen) atoms. The molecule has 0 saturated heterocycles. The third kappa shape index (κ3) is 1.73. The highest BCUT2D eigenvalue weighted by Crippen LogP contribution is 2.33. The maximum atomic E-state index is 10.9. The molecular formula is C11H11ClO3.